The van der Waals surface area contributed by atoms with Crippen molar-refractivity contribution in [3.05, 3.63) is 107 Å². The molecule has 2 N–H and O–H groups in total. The van der Waals surface area contributed by atoms with Crippen LogP contribution in [-0.2, 0) is 10.0 Å². The van der Waals surface area contributed by atoms with Gasteiger partial charge in [-0.25, -0.2) is 28.1 Å². The second-order valence-corrected chi connectivity index (χ2v) is 10.3. The van der Waals surface area contributed by atoms with E-state index in [9.17, 15) is 13.2 Å². The van der Waals surface area contributed by atoms with Gasteiger partial charge in [0.05, 0.1) is 21.7 Å². The van der Waals surface area contributed by atoms with E-state index in [-0.39, 0.29) is 16.8 Å². The number of pyridine rings is 1. The zero-order valence-electron chi connectivity index (χ0n) is 18.6. The number of benzene rings is 3. The Bertz CT molecular complexity index is 1680. The van der Waals surface area contributed by atoms with E-state index in [0.29, 0.717) is 27.8 Å². The smallest absolute Gasteiger partial charge is 0.264 e. The molecule has 0 saturated heterocycles. The summed E-state index contributed by atoms with van der Waals surface area (Å²) >= 11 is 3.48. The molecule has 8 nitrogen and oxygen atoms in total. The maximum atomic E-state index is 13.3. The summed E-state index contributed by atoms with van der Waals surface area (Å²) in [6, 6.07) is 24.3. The lowest BCUT2D eigenvalue weighted by Crippen LogP contribution is -2.15. The van der Waals surface area contributed by atoms with Crippen LogP contribution in [0.15, 0.2) is 107 Å². The summed E-state index contributed by atoms with van der Waals surface area (Å²) in [6.07, 6.45) is 2.88. The summed E-state index contributed by atoms with van der Waals surface area (Å²) in [4.78, 5) is 25.8. The zero-order valence-corrected chi connectivity index (χ0v) is 21.0. The molecule has 0 unspecified atom stereocenters. The molecular formula is C26H18BrN5O3S. The maximum Gasteiger partial charge on any atom is 0.264 e. The van der Waals surface area contributed by atoms with Crippen LogP contribution in [-0.4, -0.2) is 29.3 Å². The molecule has 0 bridgehead atoms. The average Bonchev–Trinajstić information content (AvgIpc) is 2.88. The van der Waals surface area contributed by atoms with Gasteiger partial charge in [-0.1, -0.05) is 46.3 Å². The fourth-order valence-electron chi connectivity index (χ4n) is 3.61. The van der Waals surface area contributed by atoms with Crippen LogP contribution in [0.1, 0.15) is 10.4 Å². The van der Waals surface area contributed by atoms with Gasteiger partial charge >= 0.3 is 0 Å². The summed E-state index contributed by atoms with van der Waals surface area (Å²) < 4.78 is 28.4. The number of aromatic nitrogens is 3. The second kappa shape index (κ2) is 9.84. The Morgan fingerprint density at radius 2 is 1.58 bits per heavy atom. The van der Waals surface area contributed by atoms with Gasteiger partial charge in [-0.2, -0.15) is 0 Å². The summed E-state index contributed by atoms with van der Waals surface area (Å²) in [5.74, 6) is -0.364. The molecule has 0 radical (unpaired) electrons. The number of para-hydroxylation sites is 1. The normalized spacial score (nSPS) is 11.2. The largest absolute Gasteiger partial charge is 0.322 e. The first-order valence-electron chi connectivity index (χ1n) is 10.8. The van der Waals surface area contributed by atoms with Crippen molar-refractivity contribution >= 4 is 54.4 Å². The van der Waals surface area contributed by atoms with Crippen LogP contribution in [0.3, 0.4) is 0 Å². The number of carbonyl (C=O) groups is 1. The Labute approximate surface area is 215 Å². The van der Waals surface area contributed by atoms with Crippen LogP contribution in [0.4, 0.5) is 11.6 Å². The highest BCUT2D eigenvalue weighted by Crippen LogP contribution is 2.27. The summed E-state index contributed by atoms with van der Waals surface area (Å²) in [7, 11) is -3.88. The second-order valence-electron chi connectivity index (χ2n) is 7.74. The first-order valence-corrected chi connectivity index (χ1v) is 13.0. The number of carbonyl (C=O) groups excluding carboxylic acids is 1. The van der Waals surface area contributed by atoms with E-state index in [1.807, 2.05) is 48.5 Å². The molecule has 0 aliphatic rings. The third-order valence-corrected chi connectivity index (χ3v) is 7.13. The van der Waals surface area contributed by atoms with Crippen LogP contribution >= 0.6 is 15.9 Å². The lowest BCUT2D eigenvalue weighted by molar-refractivity contribution is 0.102. The van der Waals surface area contributed by atoms with Crippen molar-refractivity contribution in [3.63, 3.8) is 0 Å². The number of halogens is 1. The predicted molar refractivity (Wildman–Crippen MR) is 142 cm³/mol. The minimum absolute atomic E-state index is 0.0132. The molecule has 1 amide bonds. The highest BCUT2D eigenvalue weighted by Gasteiger charge is 2.17. The van der Waals surface area contributed by atoms with Crippen LogP contribution in [0.2, 0.25) is 0 Å². The predicted octanol–water partition coefficient (Wildman–Crippen LogP) is 5.51. The summed E-state index contributed by atoms with van der Waals surface area (Å²) in [5, 5.41) is 3.56. The molecule has 2 heterocycles. The van der Waals surface area contributed by atoms with Crippen molar-refractivity contribution in [2.45, 2.75) is 4.90 Å². The number of nitrogens with zero attached hydrogens (tertiary/aromatic N) is 3. The highest BCUT2D eigenvalue weighted by molar-refractivity contribution is 9.10. The lowest BCUT2D eigenvalue weighted by Gasteiger charge is -2.12. The Kier molecular flexibility index (Phi) is 6.45. The monoisotopic (exact) mass is 559 g/mol. The molecular weight excluding hydrogens is 542 g/mol. The van der Waals surface area contributed by atoms with Crippen molar-refractivity contribution in [2.75, 3.05) is 10.0 Å². The Morgan fingerprint density at radius 3 is 2.33 bits per heavy atom. The number of hydrogen-bond acceptors (Lipinski definition) is 6. The number of rotatable bonds is 6. The van der Waals surface area contributed by atoms with E-state index in [2.05, 4.69) is 35.9 Å². The third-order valence-electron chi connectivity index (χ3n) is 5.30. The quantitative estimate of drug-likeness (QED) is 0.283. The van der Waals surface area contributed by atoms with E-state index in [1.165, 1.54) is 36.7 Å². The maximum absolute atomic E-state index is 13.3. The number of fused-ring (bicyclic) bond motifs is 1. The first kappa shape index (κ1) is 23.6. The molecule has 0 fully saturated rings. The number of sulfonamides is 1. The number of hydrogen-bond donors (Lipinski definition) is 2. The van der Waals surface area contributed by atoms with Gasteiger partial charge in [0.15, 0.2) is 0 Å². The number of anilines is 2. The fraction of sp³-hybridized carbons (Fsp3) is 0. The molecule has 5 rings (SSSR count). The van der Waals surface area contributed by atoms with E-state index in [1.54, 1.807) is 12.1 Å². The van der Waals surface area contributed by atoms with Crippen molar-refractivity contribution in [1.82, 2.24) is 15.0 Å². The van der Waals surface area contributed by atoms with E-state index in [4.69, 9.17) is 4.98 Å². The Hall–Kier alpha value is -4.15. The van der Waals surface area contributed by atoms with Crippen molar-refractivity contribution in [3.8, 4) is 11.3 Å². The number of amides is 1. The van der Waals surface area contributed by atoms with Gasteiger partial charge in [0, 0.05) is 33.5 Å². The number of nitrogens with one attached hydrogen (secondary N) is 2. The van der Waals surface area contributed by atoms with Gasteiger partial charge in [0.25, 0.3) is 15.9 Å². The van der Waals surface area contributed by atoms with E-state index in [0.717, 1.165) is 10.0 Å². The SMILES string of the molecule is O=C(Nc1ccc(S(=O)(=O)Nc2ncccn2)cc1)c1cc(-c2cccc(Br)c2)nc2ccccc12. The summed E-state index contributed by atoms with van der Waals surface area (Å²) in [5.41, 5.74) is 3.12. The third kappa shape index (κ3) is 5.09. The van der Waals surface area contributed by atoms with Crippen LogP contribution in [0.25, 0.3) is 22.2 Å². The average molecular weight is 560 g/mol. The van der Waals surface area contributed by atoms with Crippen molar-refractivity contribution in [2.24, 2.45) is 0 Å². The molecule has 10 heteroatoms. The van der Waals surface area contributed by atoms with Crippen molar-refractivity contribution in [1.29, 1.82) is 0 Å². The molecule has 0 atom stereocenters. The molecule has 3 aromatic carbocycles. The standard InChI is InChI=1S/C26H18BrN5O3S/c27-18-6-3-5-17(15-18)24-16-22(21-7-1-2-8-23(21)31-24)25(33)30-19-9-11-20(12-10-19)36(34,35)32-26-28-13-4-14-29-26/h1-16H,(H,30,33)(H,28,29,32). The molecule has 0 saturated carbocycles. The topological polar surface area (TPSA) is 114 Å². The van der Waals surface area contributed by atoms with Gasteiger partial charge in [-0.05, 0) is 54.6 Å². The Morgan fingerprint density at radius 1 is 0.833 bits per heavy atom. The zero-order chi connectivity index (χ0) is 25.1. The Balaban J connectivity index is 1.42. The molecule has 36 heavy (non-hydrogen) atoms. The van der Waals surface area contributed by atoms with Gasteiger partial charge in [0.2, 0.25) is 5.95 Å². The van der Waals surface area contributed by atoms with Crippen LogP contribution in [0.5, 0.6) is 0 Å². The summed E-state index contributed by atoms with van der Waals surface area (Å²) in [6.45, 7) is 0. The van der Waals surface area contributed by atoms with Gasteiger partial charge in [0.1, 0.15) is 0 Å². The van der Waals surface area contributed by atoms with Gasteiger partial charge in [-0.15, -0.1) is 0 Å². The molecule has 178 valence electrons. The van der Waals surface area contributed by atoms with Gasteiger partial charge in [-0.3, -0.25) is 4.79 Å². The molecule has 0 aliphatic heterocycles. The highest BCUT2D eigenvalue weighted by atomic mass is 79.9. The fourth-order valence-corrected chi connectivity index (χ4v) is 4.96. The first-order chi connectivity index (χ1) is 17.4. The minimum atomic E-state index is -3.88. The van der Waals surface area contributed by atoms with Gasteiger partial charge < -0.3 is 5.32 Å². The molecule has 0 spiro atoms. The molecule has 0 aliphatic carbocycles. The molecule has 2 aromatic heterocycles. The van der Waals surface area contributed by atoms with E-state index >= 15 is 0 Å². The van der Waals surface area contributed by atoms with E-state index < -0.39 is 10.0 Å². The molecule has 5 aromatic rings. The van der Waals surface area contributed by atoms with Crippen LogP contribution in [0, 0.1) is 0 Å². The van der Waals surface area contributed by atoms with Crippen molar-refractivity contribution < 1.29 is 13.2 Å². The minimum Gasteiger partial charge on any atom is -0.322 e. The lowest BCUT2D eigenvalue weighted by atomic mass is 10.0. The van der Waals surface area contributed by atoms with Crippen LogP contribution < -0.4 is 10.0 Å².